The zero-order chi connectivity index (χ0) is 25.3. The van der Waals surface area contributed by atoms with Crippen LogP contribution in [0.3, 0.4) is 0 Å². The van der Waals surface area contributed by atoms with Gasteiger partial charge in [0.1, 0.15) is 5.54 Å². The highest BCUT2D eigenvalue weighted by atomic mass is 79.9. The van der Waals surface area contributed by atoms with E-state index in [0.717, 1.165) is 54.5 Å². The molecule has 0 bridgehead atoms. The van der Waals surface area contributed by atoms with Crippen molar-refractivity contribution in [2.45, 2.75) is 50.2 Å². The number of hydrogen-bond acceptors (Lipinski definition) is 4. The Morgan fingerprint density at radius 2 is 1.70 bits per heavy atom. The summed E-state index contributed by atoms with van der Waals surface area (Å²) in [4.78, 5) is 44.5. The van der Waals surface area contributed by atoms with Gasteiger partial charge in [-0.25, -0.2) is 4.79 Å². The Bertz CT molecular complexity index is 1120. The number of amides is 4. The molecule has 2 aromatic carbocycles. The largest absolute Gasteiger partial charge is 0.349 e. The van der Waals surface area contributed by atoms with Gasteiger partial charge in [-0.05, 0) is 55.4 Å². The number of hydrogen-bond donors (Lipinski definition) is 1. The third-order valence-electron chi connectivity index (χ3n) is 7.94. The van der Waals surface area contributed by atoms with Gasteiger partial charge in [-0.1, -0.05) is 58.4 Å². The van der Waals surface area contributed by atoms with Crippen LogP contribution in [0.1, 0.15) is 49.3 Å². The van der Waals surface area contributed by atoms with Crippen molar-refractivity contribution in [1.29, 1.82) is 0 Å². The van der Waals surface area contributed by atoms with E-state index in [0.29, 0.717) is 19.4 Å². The minimum absolute atomic E-state index is 0. The molecule has 2 heterocycles. The molecule has 3 fully saturated rings. The van der Waals surface area contributed by atoms with Crippen molar-refractivity contribution < 1.29 is 14.4 Å². The first kappa shape index (κ1) is 27.6. The van der Waals surface area contributed by atoms with E-state index in [9.17, 15) is 14.4 Å². The Morgan fingerprint density at radius 1 is 1.05 bits per heavy atom. The molecule has 37 heavy (non-hydrogen) atoms. The van der Waals surface area contributed by atoms with Crippen molar-refractivity contribution >= 4 is 46.2 Å². The second kappa shape index (κ2) is 11.5. The monoisotopic (exact) mass is 588 g/mol. The van der Waals surface area contributed by atoms with Crippen LogP contribution in [0.5, 0.6) is 0 Å². The summed E-state index contributed by atoms with van der Waals surface area (Å²) in [6.07, 6.45) is 4.03. The van der Waals surface area contributed by atoms with Crippen LogP contribution in [-0.4, -0.2) is 64.8 Å². The molecule has 198 valence electrons. The van der Waals surface area contributed by atoms with Gasteiger partial charge in [0.15, 0.2) is 0 Å². The maximum Gasteiger partial charge on any atom is 0.327 e. The average Bonchev–Trinajstić information content (AvgIpc) is 3.74. The molecule has 0 unspecified atom stereocenters. The van der Waals surface area contributed by atoms with Gasteiger partial charge >= 0.3 is 6.03 Å². The van der Waals surface area contributed by atoms with Crippen LogP contribution < -0.4 is 5.32 Å². The van der Waals surface area contributed by atoms with Crippen LogP contribution in [-0.2, 0) is 16.1 Å². The van der Waals surface area contributed by atoms with Crippen LogP contribution in [0, 0.1) is 5.92 Å². The molecular weight excluding hydrogens is 556 g/mol. The lowest BCUT2D eigenvalue weighted by Gasteiger charge is -2.41. The zero-order valence-electron chi connectivity index (χ0n) is 21.1. The van der Waals surface area contributed by atoms with Crippen molar-refractivity contribution in [1.82, 2.24) is 20.0 Å². The molecular formula is C28H34BrClN4O3. The maximum atomic E-state index is 13.5. The summed E-state index contributed by atoms with van der Waals surface area (Å²) in [5.74, 6) is 0.244. The number of halogens is 2. The number of urea groups is 1. The predicted octanol–water partition coefficient (Wildman–Crippen LogP) is 4.76. The predicted molar refractivity (Wildman–Crippen MR) is 148 cm³/mol. The van der Waals surface area contributed by atoms with Gasteiger partial charge < -0.3 is 15.1 Å². The summed E-state index contributed by atoms with van der Waals surface area (Å²) >= 11 is 3.43. The van der Waals surface area contributed by atoms with E-state index in [1.54, 1.807) is 11.9 Å². The van der Waals surface area contributed by atoms with Gasteiger partial charge in [0, 0.05) is 37.1 Å². The quantitative estimate of drug-likeness (QED) is 0.451. The lowest BCUT2D eigenvalue weighted by Crippen LogP contribution is -2.55. The van der Waals surface area contributed by atoms with Crippen molar-refractivity contribution in [2.24, 2.45) is 5.92 Å². The van der Waals surface area contributed by atoms with Crippen molar-refractivity contribution in [3.63, 3.8) is 0 Å². The van der Waals surface area contributed by atoms with Crippen LogP contribution >= 0.6 is 28.3 Å². The summed E-state index contributed by atoms with van der Waals surface area (Å²) < 4.78 is 0.966. The molecule has 2 aliphatic heterocycles. The van der Waals surface area contributed by atoms with Gasteiger partial charge in [0.25, 0.3) is 5.91 Å². The van der Waals surface area contributed by atoms with Crippen LogP contribution in [0.25, 0.3) is 0 Å². The summed E-state index contributed by atoms with van der Waals surface area (Å²) in [5.41, 5.74) is 1.30. The molecule has 0 aromatic heterocycles. The first-order valence-electron chi connectivity index (χ1n) is 12.8. The van der Waals surface area contributed by atoms with E-state index in [-0.39, 0.29) is 42.2 Å². The number of nitrogens with zero attached hydrogens (tertiary/aromatic N) is 3. The smallest absolute Gasteiger partial charge is 0.327 e. The molecule has 9 heteroatoms. The van der Waals surface area contributed by atoms with E-state index in [4.69, 9.17) is 0 Å². The molecule has 3 aliphatic rings. The van der Waals surface area contributed by atoms with Gasteiger partial charge in [-0.2, -0.15) is 0 Å². The number of rotatable bonds is 8. The highest BCUT2D eigenvalue weighted by molar-refractivity contribution is 9.10. The average molecular weight is 590 g/mol. The summed E-state index contributed by atoms with van der Waals surface area (Å²) in [5, 5.41) is 3.25. The second-order valence-corrected chi connectivity index (χ2v) is 11.2. The number of benzene rings is 2. The molecule has 7 nitrogen and oxygen atoms in total. The minimum Gasteiger partial charge on any atom is -0.349 e. The molecule has 4 amide bonds. The van der Waals surface area contributed by atoms with Gasteiger partial charge in [-0.3, -0.25) is 14.5 Å². The van der Waals surface area contributed by atoms with Crippen LogP contribution in [0.4, 0.5) is 4.79 Å². The molecule has 2 saturated heterocycles. The normalized spacial score (nSPS) is 20.2. The number of carbonyl (C=O) groups excluding carboxylic acids is 3. The Hall–Kier alpha value is -2.42. The Balaban J connectivity index is 0.00000320. The standard InChI is InChI=1S/C28H33BrN4O3.ClH/c1-31-27(36)33(19-20-7-11-23(29)12-8-20)26(35)28(31)14-17-32(18-15-28)16-13-24(21-5-3-2-4-6-21)30-25(34)22-9-10-22;/h2-8,11-12,22,24H,9-10,13-19H2,1H3,(H,30,34);1H/t24-;/m0./s1. The Morgan fingerprint density at radius 3 is 2.32 bits per heavy atom. The Kier molecular flexibility index (Phi) is 8.61. The van der Waals surface area contributed by atoms with Gasteiger partial charge in [0.05, 0.1) is 12.6 Å². The third kappa shape index (κ3) is 5.86. The van der Waals surface area contributed by atoms with Gasteiger partial charge in [-0.15, -0.1) is 12.4 Å². The summed E-state index contributed by atoms with van der Waals surface area (Å²) in [7, 11) is 1.76. The topological polar surface area (TPSA) is 73.0 Å². The molecule has 2 aromatic rings. The number of nitrogens with one attached hydrogen (secondary N) is 1. The van der Waals surface area contributed by atoms with E-state index in [1.165, 1.54) is 4.90 Å². The van der Waals surface area contributed by atoms with E-state index < -0.39 is 5.54 Å². The number of carbonyl (C=O) groups is 3. The van der Waals surface area contributed by atoms with Crippen molar-refractivity contribution in [3.05, 3.63) is 70.2 Å². The molecule has 1 atom stereocenters. The summed E-state index contributed by atoms with van der Waals surface area (Å²) in [6, 6.07) is 17.6. The fourth-order valence-corrected chi connectivity index (χ4v) is 5.67. The lowest BCUT2D eigenvalue weighted by atomic mass is 9.86. The SMILES string of the molecule is CN1C(=O)N(Cc2ccc(Br)cc2)C(=O)C12CCN(CC[C@H](NC(=O)C1CC1)c1ccccc1)CC2.Cl. The molecule has 1 aliphatic carbocycles. The van der Waals surface area contributed by atoms with Gasteiger partial charge in [0.2, 0.25) is 5.91 Å². The fraction of sp³-hybridized carbons (Fsp3) is 0.464. The molecule has 1 N–H and O–H groups in total. The highest BCUT2D eigenvalue weighted by Crippen LogP contribution is 2.37. The van der Waals surface area contributed by atoms with E-state index in [2.05, 4.69) is 38.3 Å². The number of likely N-dealkylation sites (N-methyl/N-ethyl adjacent to an activating group) is 1. The van der Waals surface area contributed by atoms with Crippen LogP contribution in [0.15, 0.2) is 59.1 Å². The first-order chi connectivity index (χ1) is 17.4. The molecule has 1 spiro atoms. The maximum absolute atomic E-state index is 13.5. The van der Waals surface area contributed by atoms with Crippen molar-refractivity contribution in [3.8, 4) is 0 Å². The van der Waals surface area contributed by atoms with Crippen LogP contribution in [0.2, 0.25) is 0 Å². The highest BCUT2D eigenvalue weighted by Gasteiger charge is 2.56. The second-order valence-electron chi connectivity index (χ2n) is 10.3. The third-order valence-corrected chi connectivity index (χ3v) is 8.47. The number of imide groups is 1. The lowest BCUT2D eigenvalue weighted by molar-refractivity contribution is -0.135. The molecule has 1 saturated carbocycles. The molecule has 5 rings (SSSR count). The first-order valence-corrected chi connectivity index (χ1v) is 13.6. The fourth-order valence-electron chi connectivity index (χ4n) is 5.41. The van der Waals surface area contributed by atoms with E-state index >= 15 is 0 Å². The number of piperidine rings is 1. The van der Waals surface area contributed by atoms with Crippen molar-refractivity contribution in [2.75, 3.05) is 26.7 Å². The Labute approximate surface area is 233 Å². The summed E-state index contributed by atoms with van der Waals surface area (Å²) in [6.45, 7) is 2.61. The molecule has 0 radical (unpaired) electrons. The van der Waals surface area contributed by atoms with E-state index in [1.807, 2.05) is 42.5 Å². The minimum atomic E-state index is -0.762. The zero-order valence-corrected chi connectivity index (χ0v) is 23.5. The number of likely N-dealkylation sites (tertiary alicyclic amines) is 1.